The Bertz CT molecular complexity index is 387. The summed E-state index contributed by atoms with van der Waals surface area (Å²) in [6.07, 6.45) is 8.32. The van der Waals surface area contributed by atoms with Crippen molar-refractivity contribution in [2.24, 2.45) is 5.73 Å². The molecule has 0 aliphatic heterocycles. The van der Waals surface area contributed by atoms with E-state index in [0.29, 0.717) is 0 Å². The fourth-order valence-corrected chi connectivity index (χ4v) is 3.47. The number of hydrogen-bond donors (Lipinski definition) is 1. The van der Waals surface area contributed by atoms with Gasteiger partial charge in [0.05, 0.1) is 11.6 Å². The highest BCUT2D eigenvalue weighted by Gasteiger charge is 2.39. The first-order chi connectivity index (χ1) is 9.72. The molecule has 2 N–H and O–H groups in total. The van der Waals surface area contributed by atoms with E-state index in [1.165, 1.54) is 36.8 Å². The van der Waals surface area contributed by atoms with E-state index in [1.807, 2.05) is 0 Å². The molecule has 0 aromatic heterocycles. The zero-order valence-corrected chi connectivity index (χ0v) is 13.0. The Morgan fingerprint density at radius 2 is 1.75 bits per heavy atom. The average molecular weight is 275 g/mol. The van der Waals surface area contributed by atoms with E-state index in [-0.39, 0.29) is 11.6 Å². The lowest BCUT2D eigenvalue weighted by Crippen LogP contribution is -2.45. The number of benzene rings is 1. The van der Waals surface area contributed by atoms with Crippen molar-refractivity contribution < 1.29 is 4.74 Å². The molecule has 112 valence electrons. The maximum Gasteiger partial charge on any atom is 0.0874 e. The van der Waals surface area contributed by atoms with Crippen molar-refractivity contribution in [3.63, 3.8) is 0 Å². The highest BCUT2D eigenvalue weighted by Crippen LogP contribution is 2.40. The van der Waals surface area contributed by atoms with Crippen LogP contribution in [0, 0.1) is 0 Å². The predicted octanol–water partition coefficient (Wildman–Crippen LogP) is 4.38. The van der Waals surface area contributed by atoms with Crippen molar-refractivity contribution in [2.75, 3.05) is 6.61 Å². The van der Waals surface area contributed by atoms with Crippen molar-refractivity contribution in [3.8, 4) is 0 Å². The van der Waals surface area contributed by atoms with E-state index in [9.17, 15) is 0 Å². The molecule has 2 rings (SSSR count). The summed E-state index contributed by atoms with van der Waals surface area (Å²) in [5, 5.41) is 0. The summed E-state index contributed by atoms with van der Waals surface area (Å²) in [5.41, 5.74) is 9.07. The maximum absolute atomic E-state index is 6.59. The Labute approximate surface area is 123 Å². The molecule has 0 bridgehead atoms. The molecule has 1 fully saturated rings. The molecule has 2 heteroatoms. The maximum atomic E-state index is 6.59. The van der Waals surface area contributed by atoms with Crippen LogP contribution in [0.2, 0.25) is 0 Å². The molecule has 0 radical (unpaired) electrons. The van der Waals surface area contributed by atoms with Crippen LogP contribution in [-0.2, 0) is 11.2 Å². The molecule has 1 aliphatic carbocycles. The normalized spacial score (nSPS) is 19.8. The SMILES string of the molecule is CCCc1ccc(C(N)C2(OCC)CCCCC2)cc1. The molecule has 1 aromatic rings. The van der Waals surface area contributed by atoms with Crippen LogP contribution in [0.15, 0.2) is 24.3 Å². The third-order valence-corrected chi connectivity index (χ3v) is 4.58. The van der Waals surface area contributed by atoms with Crippen molar-refractivity contribution in [3.05, 3.63) is 35.4 Å². The van der Waals surface area contributed by atoms with Gasteiger partial charge in [0.25, 0.3) is 0 Å². The molecule has 0 amide bonds. The van der Waals surface area contributed by atoms with Crippen LogP contribution >= 0.6 is 0 Å². The monoisotopic (exact) mass is 275 g/mol. The number of hydrogen-bond acceptors (Lipinski definition) is 2. The molecule has 1 saturated carbocycles. The Morgan fingerprint density at radius 3 is 2.30 bits per heavy atom. The highest BCUT2D eigenvalue weighted by atomic mass is 16.5. The van der Waals surface area contributed by atoms with Gasteiger partial charge in [-0.1, -0.05) is 56.9 Å². The van der Waals surface area contributed by atoms with Gasteiger partial charge in [0, 0.05) is 6.61 Å². The molecule has 1 aromatic carbocycles. The topological polar surface area (TPSA) is 35.2 Å². The average Bonchev–Trinajstić information content (AvgIpc) is 2.49. The number of rotatable bonds is 6. The van der Waals surface area contributed by atoms with Gasteiger partial charge in [0.15, 0.2) is 0 Å². The molecule has 1 atom stereocenters. The summed E-state index contributed by atoms with van der Waals surface area (Å²) < 4.78 is 6.14. The Morgan fingerprint density at radius 1 is 1.10 bits per heavy atom. The van der Waals surface area contributed by atoms with E-state index in [1.54, 1.807) is 0 Å². The van der Waals surface area contributed by atoms with Gasteiger partial charge in [-0.15, -0.1) is 0 Å². The van der Waals surface area contributed by atoms with Gasteiger partial charge < -0.3 is 10.5 Å². The summed E-state index contributed by atoms with van der Waals surface area (Å²) in [6.45, 7) is 5.04. The number of aryl methyl sites for hydroxylation is 1. The first-order valence-electron chi connectivity index (χ1n) is 8.20. The van der Waals surface area contributed by atoms with E-state index in [0.717, 1.165) is 25.9 Å². The van der Waals surface area contributed by atoms with Crippen molar-refractivity contribution in [1.29, 1.82) is 0 Å². The lowest BCUT2D eigenvalue weighted by Gasteiger charge is -2.42. The fourth-order valence-electron chi connectivity index (χ4n) is 3.47. The third kappa shape index (κ3) is 3.42. The number of ether oxygens (including phenoxy) is 1. The summed E-state index contributed by atoms with van der Waals surface area (Å²) in [4.78, 5) is 0. The third-order valence-electron chi connectivity index (χ3n) is 4.58. The van der Waals surface area contributed by atoms with E-state index in [2.05, 4.69) is 38.1 Å². The molecule has 20 heavy (non-hydrogen) atoms. The van der Waals surface area contributed by atoms with Crippen LogP contribution in [0.5, 0.6) is 0 Å². The first-order valence-corrected chi connectivity index (χ1v) is 8.20. The van der Waals surface area contributed by atoms with Gasteiger partial charge in [-0.25, -0.2) is 0 Å². The van der Waals surface area contributed by atoms with Crippen LogP contribution in [-0.4, -0.2) is 12.2 Å². The summed E-state index contributed by atoms with van der Waals surface area (Å²) in [7, 11) is 0. The first kappa shape index (κ1) is 15.5. The molecule has 2 nitrogen and oxygen atoms in total. The van der Waals surface area contributed by atoms with Crippen LogP contribution in [0.4, 0.5) is 0 Å². The zero-order valence-electron chi connectivity index (χ0n) is 13.0. The zero-order chi connectivity index (χ0) is 14.4. The van der Waals surface area contributed by atoms with Gasteiger partial charge in [-0.3, -0.25) is 0 Å². The second-order valence-corrected chi connectivity index (χ2v) is 6.03. The largest absolute Gasteiger partial charge is 0.373 e. The van der Waals surface area contributed by atoms with Crippen LogP contribution in [0.25, 0.3) is 0 Å². The number of nitrogens with two attached hydrogens (primary N) is 1. The highest BCUT2D eigenvalue weighted by molar-refractivity contribution is 5.27. The molecule has 1 unspecified atom stereocenters. The predicted molar refractivity (Wildman–Crippen MR) is 84.8 cm³/mol. The molecule has 1 aliphatic rings. The smallest absolute Gasteiger partial charge is 0.0874 e. The van der Waals surface area contributed by atoms with Crippen molar-refractivity contribution >= 4 is 0 Å². The Balaban J connectivity index is 2.15. The minimum absolute atomic E-state index is 0.00146. The lowest BCUT2D eigenvalue weighted by atomic mass is 9.77. The summed E-state index contributed by atoms with van der Waals surface area (Å²) in [5.74, 6) is 0. The molecular weight excluding hydrogens is 246 g/mol. The molecule has 0 heterocycles. The fraction of sp³-hybridized carbons (Fsp3) is 0.667. The second-order valence-electron chi connectivity index (χ2n) is 6.03. The lowest BCUT2D eigenvalue weighted by molar-refractivity contribution is -0.0830. The summed E-state index contributed by atoms with van der Waals surface area (Å²) in [6, 6.07) is 8.84. The Hall–Kier alpha value is -0.860. The minimum Gasteiger partial charge on any atom is -0.373 e. The summed E-state index contributed by atoms with van der Waals surface area (Å²) >= 11 is 0. The van der Waals surface area contributed by atoms with Gasteiger partial charge >= 0.3 is 0 Å². The van der Waals surface area contributed by atoms with E-state index >= 15 is 0 Å². The van der Waals surface area contributed by atoms with Gasteiger partial charge in [-0.2, -0.15) is 0 Å². The van der Waals surface area contributed by atoms with Crippen molar-refractivity contribution in [1.82, 2.24) is 0 Å². The minimum atomic E-state index is -0.140. The molecule has 0 saturated heterocycles. The van der Waals surface area contributed by atoms with E-state index in [4.69, 9.17) is 10.5 Å². The Kier molecular flexibility index (Phi) is 5.62. The van der Waals surface area contributed by atoms with Gasteiger partial charge in [0.1, 0.15) is 0 Å². The van der Waals surface area contributed by atoms with Gasteiger partial charge in [-0.05, 0) is 37.3 Å². The van der Waals surface area contributed by atoms with E-state index < -0.39 is 0 Å². The second kappa shape index (κ2) is 7.24. The molecule has 0 spiro atoms. The quantitative estimate of drug-likeness (QED) is 0.836. The van der Waals surface area contributed by atoms with Crippen LogP contribution in [0.1, 0.15) is 69.5 Å². The molecular formula is C18H29NO. The van der Waals surface area contributed by atoms with Crippen LogP contribution < -0.4 is 5.73 Å². The van der Waals surface area contributed by atoms with Gasteiger partial charge in [0.2, 0.25) is 0 Å². The standard InChI is InChI=1S/C18H29NO/c1-3-8-15-9-11-16(12-10-15)17(19)18(20-4-2)13-6-5-7-14-18/h9-12,17H,3-8,13-14,19H2,1-2H3. The van der Waals surface area contributed by atoms with Crippen molar-refractivity contribution in [2.45, 2.75) is 70.4 Å². The van der Waals surface area contributed by atoms with Crippen LogP contribution in [0.3, 0.4) is 0 Å².